The molecule has 0 aliphatic rings. The average molecular weight is 258 g/mol. The summed E-state index contributed by atoms with van der Waals surface area (Å²) in [4.78, 5) is 4.28. The van der Waals surface area contributed by atoms with Gasteiger partial charge in [0.05, 0.1) is 6.20 Å². The van der Waals surface area contributed by atoms with Crippen LogP contribution in [-0.4, -0.2) is 11.5 Å². The molecule has 0 atom stereocenters. The Labute approximate surface area is 114 Å². The van der Waals surface area contributed by atoms with Gasteiger partial charge in [-0.15, -0.1) is 0 Å². The molecular formula is C16H22N2O. The molecule has 102 valence electrons. The van der Waals surface area contributed by atoms with Crippen molar-refractivity contribution in [3.8, 4) is 11.3 Å². The predicted molar refractivity (Wildman–Crippen MR) is 77.9 cm³/mol. The molecule has 1 aromatic heterocycles. The maximum Gasteiger partial charge on any atom is 0.194 e. The van der Waals surface area contributed by atoms with Crippen molar-refractivity contribution in [1.29, 1.82) is 0 Å². The van der Waals surface area contributed by atoms with Crippen LogP contribution in [0.5, 0.6) is 0 Å². The van der Waals surface area contributed by atoms with Crippen LogP contribution in [0.3, 0.4) is 0 Å². The number of benzene rings is 1. The van der Waals surface area contributed by atoms with E-state index in [9.17, 15) is 0 Å². The van der Waals surface area contributed by atoms with Crippen LogP contribution in [0.1, 0.15) is 31.7 Å². The van der Waals surface area contributed by atoms with E-state index in [4.69, 9.17) is 10.2 Å². The maximum absolute atomic E-state index is 5.73. The van der Waals surface area contributed by atoms with Crippen LogP contribution in [0, 0.1) is 5.92 Å². The number of hydrogen-bond acceptors (Lipinski definition) is 3. The topological polar surface area (TPSA) is 52.0 Å². The van der Waals surface area contributed by atoms with Crippen molar-refractivity contribution in [2.75, 3.05) is 6.54 Å². The lowest BCUT2D eigenvalue weighted by Gasteiger charge is -2.05. The Hall–Kier alpha value is -1.61. The Kier molecular flexibility index (Phi) is 4.74. The first-order valence-electron chi connectivity index (χ1n) is 6.93. The fourth-order valence-electron chi connectivity index (χ4n) is 2.09. The molecule has 1 aromatic carbocycles. The standard InChI is InChI=1S/C16H22N2O/c1-12(2)10-13-5-7-14(8-6-13)15-11-18-16(19-15)4-3-9-17/h5-8,11-12H,3-4,9-10,17H2,1-2H3. The Morgan fingerprint density at radius 1 is 1.21 bits per heavy atom. The number of aromatic nitrogens is 1. The summed E-state index contributed by atoms with van der Waals surface area (Å²) in [6, 6.07) is 8.53. The number of oxazole rings is 1. The summed E-state index contributed by atoms with van der Waals surface area (Å²) in [6.07, 6.45) is 4.62. The molecular weight excluding hydrogens is 236 g/mol. The zero-order valence-electron chi connectivity index (χ0n) is 11.7. The lowest BCUT2D eigenvalue weighted by molar-refractivity contribution is 0.499. The Balaban J connectivity index is 2.07. The van der Waals surface area contributed by atoms with E-state index in [2.05, 4.69) is 43.1 Å². The molecule has 3 nitrogen and oxygen atoms in total. The second-order valence-corrected chi connectivity index (χ2v) is 5.31. The van der Waals surface area contributed by atoms with E-state index in [0.29, 0.717) is 12.5 Å². The van der Waals surface area contributed by atoms with E-state index >= 15 is 0 Å². The minimum atomic E-state index is 0.668. The summed E-state index contributed by atoms with van der Waals surface area (Å²) >= 11 is 0. The third-order valence-corrected chi connectivity index (χ3v) is 3.03. The van der Waals surface area contributed by atoms with Crippen LogP contribution >= 0.6 is 0 Å². The molecule has 0 saturated heterocycles. The second kappa shape index (κ2) is 6.53. The summed E-state index contributed by atoms with van der Waals surface area (Å²) in [6.45, 7) is 5.13. The zero-order valence-corrected chi connectivity index (χ0v) is 11.7. The predicted octanol–water partition coefficient (Wildman–Crippen LogP) is 3.43. The molecule has 0 aliphatic heterocycles. The van der Waals surface area contributed by atoms with Gasteiger partial charge in [0, 0.05) is 12.0 Å². The number of nitrogens with two attached hydrogens (primary N) is 1. The summed E-state index contributed by atoms with van der Waals surface area (Å²) in [5.74, 6) is 2.29. The Morgan fingerprint density at radius 3 is 2.58 bits per heavy atom. The number of rotatable bonds is 6. The SMILES string of the molecule is CC(C)Cc1ccc(-c2cnc(CCCN)o2)cc1. The number of aryl methyl sites for hydroxylation is 1. The van der Waals surface area contributed by atoms with Crippen molar-refractivity contribution in [3.63, 3.8) is 0 Å². The van der Waals surface area contributed by atoms with Crippen molar-refractivity contribution in [3.05, 3.63) is 41.9 Å². The smallest absolute Gasteiger partial charge is 0.194 e. The Bertz CT molecular complexity index is 500. The van der Waals surface area contributed by atoms with Crippen molar-refractivity contribution >= 4 is 0 Å². The van der Waals surface area contributed by atoms with Crippen molar-refractivity contribution in [2.24, 2.45) is 11.7 Å². The average Bonchev–Trinajstić information content (AvgIpc) is 2.85. The van der Waals surface area contributed by atoms with Gasteiger partial charge in [0.25, 0.3) is 0 Å². The fourth-order valence-corrected chi connectivity index (χ4v) is 2.09. The molecule has 0 saturated carbocycles. The summed E-state index contributed by atoms with van der Waals surface area (Å²) < 4.78 is 5.73. The first kappa shape index (κ1) is 13.8. The van der Waals surface area contributed by atoms with Gasteiger partial charge in [-0.2, -0.15) is 0 Å². The quantitative estimate of drug-likeness (QED) is 0.863. The number of hydrogen-bond donors (Lipinski definition) is 1. The molecule has 2 N–H and O–H groups in total. The third-order valence-electron chi connectivity index (χ3n) is 3.03. The summed E-state index contributed by atoms with van der Waals surface area (Å²) in [5, 5.41) is 0. The van der Waals surface area contributed by atoms with Crippen molar-refractivity contribution < 1.29 is 4.42 Å². The van der Waals surface area contributed by atoms with Gasteiger partial charge in [-0.25, -0.2) is 4.98 Å². The van der Waals surface area contributed by atoms with Crippen molar-refractivity contribution in [2.45, 2.75) is 33.1 Å². The van der Waals surface area contributed by atoms with Gasteiger partial charge in [-0.3, -0.25) is 0 Å². The van der Waals surface area contributed by atoms with E-state index < -0.39 is 0 Å². The fraction of sp³-hybridized carbons (Fsp3) is 0.438. The highest BCUT2D eigenvalue weighted by Crippen LogP contribution is 2.22. The third kappa shape index (κ3) is 3.93. The lowest BCUT2D eigenvalue weighted by atomic mass is 10.0. The van der Waals surface area contributed by atoms with Gasteiger partial charge < -0.3 is 10.2 Å². The first-order valence-corrected chi connectivity index (χ1v) is 6.93. The first-order chi connectivity index (χ1) is 9.19. The normalized spacial score (nSPS) is 11.2. The molecule has 0 unspecified atom stereocenters. The molecule has 2 rings (SSSR count). The summed E-state index contributed by atoms with van der Waals surface area (Å²) in [7, 11) is 0. The van der Waals surface area contributed by atoms with Crippen LogP contribution in [-0.2, 0) is 12.8 Å². The highest BCUT2D eigenvalue weighted by atomic mass is 16.4. The van der Waals surface area contributed by atoms with E-state index in [1.807, 2.05) is 0 Å². The van der Waals surface area contributed by atoms with Gasteiger partial charge in [-0.1, -0.05) is 38.1 Å². The van der Waals surface area contributed by atoms with Gasteiger partial charge >= 0.3 is 0 Å². The minimum Gasteiger partial charge on any atom is -0.441 e. The molecule has 3 heteroatoms. The minimum absolute atomic E-state index is 0.668. The van der Waals surface area contributed by atoms with Crippen LogP contribution in [0.4, 0.5) is 0 Å². The molecule has 0 aliphatic carbocycles. The molecule has 0 bridgehead atoms. The van der Waals surface area contributed by atoms with Gasteiger partial charge in [0.15, 0.2) is 11.7 Å². The van der Waals surface area contributed by atoms with E-state index in [1.165, 1.54) is 5.56 Å². The molecule has 0 spiro atoms. The molecule has 0 radical (unpaired) electrons. The monoisotopic (exact) mass is 258 g/mol. The van der Waals surface area contributed by atoms with Gasteiger partial charge in [0.1, 0.15) is 0 Å². The Morgan fingerprint density at radius 2 is 1.95 bits per heavy atom. The maximum atomic E-state index is 5.73. The highest BCUT2D eigenvalue weighted by molar-refractivity contribution is 5.56. The molecule has 2 aromatic rings. The van der Waals surface area contributed by atoms with Crippen LogP contribution < -0.4 is 5.73 Å². The van der Waals surface area contributed by atoms with Crippen molar-refractivity contribution in [1.82, 2.24) is 4.98 Å². The summed E-state index contributed by atoms with van der Waals surface area (Å²) in [5.41, 5.74) is 7.93. The molecule has 19 heavy (non-hydrogen) atoms. The van der Waals surface area contributed by atoms with E-state index in [0.717, 1.165) is 36.5 Å². The van der Waals surface area contributed by atoms with Crippen LogP contribution in [0.15, 0.2) is 34.9 Å². The highest BCUT2D eigenvalue weighted by Gasteiger charge is 2.06. The second-order valence-electron chi connectivity index (χ2n) is 5.31. The molecule has 1 heterocycles. The molecule has 0 amide bonds. The van der Waals surface area contributed by atoms with E-state index in [1.54, 1.807) is 6.20 Å². The zero-order chi connectivity index (χ0) is 13.7. The van der Waals surface area contributed by atoms with Crippen LogP contribution in [0.25, 0.3) is 11.3 Å². The van der Waals surface area contributed by atoms with Crippen LogP contribution in [0.2, 0.25) is 0 Å². The lowest BCUT2D eigenvalue weighted by Crippen LogP contribution is -2.00. The molecule has 0 fully saturated rings. The largest absolute Gasteiger partial charge is 0.441 e. The number of nitrogens with zero attached hydrogens (tertiary/aromatic N) is 1. The van der Waals surface area contributed by atoms with Gasteiger partial charge in [0.2, 0.25) is 0 Å². The van der Waals surface area contributed by atoms with E-state index in [-0.39, 0.29) is 0 Å². The van der Waals surface area contributed by atoms with Gasteiger partial charge in [-0.05, 0) is 30.9 Å².